The van der Waals surface area contributed by atoms with Crippen LogP contribution < -0.4 is 0 Å². The maximum Gasteiger partial charge on any atom is 0.125 e. The predicted octanol–water partition coefficient (Wildman–Crippen LogP) is 4.13. The molecule has 0 saturated heterocycles. The molecule has 1 aliphatic heterocycles. The molecule has 1 atom stereocenters. The van der Waals surface area contributed by atoms with Gasteiger partial charge in [0.2, 0.25) is 0 Å². The third kappa shape index (κ3) is 7.09. The molecular formula is C17H32N2O. The summed E-state index contributed by atoms with van der Waals surface area (Å²) in [5.41, 5.74) is 0. The molecule has 0 aromatic heterocycles. The summed E-state index contributed by atoms with van der Waals surface area (Å²) in [7, 11) is 0. The highest BCUT2D eigenvalue weighted by atomic mass is 16.3. The van der Waals surface area contributed by atoms with Crippen LogP contribution in [0.3, 0.4) is 0 Å². The van der Waals surface area contributed by atoms with Gasteiger partial charge < -0.3 is 10.0 Å². The van der Waals surface area contributed by atoms with Crippen LogP contribution in [0.4, 0.5) is 0 Å². The molecule has 0 aromatic carbocycles. The molecule has 0 aromatic rings. The van der Waals surface area contributed by atoms with Crippen molar-refractivity contribution in [2.24, 2.45) is 4.99 Å². The van der Waals surface area contributed by atoms with Crippen molar-refractivity contribution in [2.45, 2.75) is 77.9 Å². The van der Waals surface area contributed by atoms with Gasteiger partial charge in [-0.3, -0.25) is 4.99 Å². The summed E-state index contributed by atoms with van der Waals surface area (Å²) in [6.45, 7) is 5.66. The predicted molar refractivity (Wildman–Crippen MR) is 87.1 cm³/mol. The lowest BCUT2D eigenvalue weighted by Gasteiger charge is -2.23. The number of hydrogen-bond donors (Lipinski definition) is 1. The molecule has 1 aliphatic rings. The first kappa shape index (κ1) is 17.2. The smallest absolute Gasteiger partial charge is 0.125 e. The Balaban J connectivity index is 1.92. The molecule has 0 amide bonds. The normalized spacial score (nSPS) is 16.9. The van der Waals surface area contributed by atoms with Gasteiger partial charge >= 0.3 is 0 Å². The SMILES string of the molecule is C/C=C/CCCCCCCCCC1=NCCN1C(C)O. The molecule has 0 spiro atoms. The zero-order chi connectivity index (χ0) is 14.6. The molecular weight excluding hydrogens is 248 g/mol. The van der Waals surface area contributed by atoms with E-state index < -0.39 is 0 Å². The molecule has 1 heterocycles. The van der Waals surface area contributed by atoms with Gasteiger partial charge in [-0.05, 0) is 33.1 Å². The maximum atomic E-state index is 9.62. The Morgan fingerprint density at radius 1 is 1.15 bits per heavy atom. The van der Waals surface area contributed by atoms with E-state index >= 15 is 0 Å². The third-order valence-electron chi connectivity index (χ3n) is 3.92. The number of rotatable bonds is 11. The largest absolute Gasteiger partial charge is 0.374 e. The van der Waals surface area contributed by atoms with Crippen molar-refractivity contribution in [3.8, 4) is 0 Å². The highest BCUT2D eigenvalue weighted by Crippen LogP contribution is 2.14. The van der Waals surface area contributed by atoms with Crippen molar-refractivity contribution in [3.05, 3.63) is 12.2 Å². The topological polar surface area (TPSA) is 35.8 Å². The number of aliphatic hydroxyl groups is 1. The standard InChI is InChI=1S/C17H32N2O/c1-3-4-5-6-7-8-9-10-11-12-13-17-18-14-15-19(17)16(2)20/h3-4,16,20H,5-15H2,1-2H3/b4-3+. The van der Waals surface area contributed by atoms with Crippen LogP contribution in [-0.4, -0.2) is 35.2 Å². The van der Waals surface area contributed by atoms with Gasteiger partial charge in [-0.25, -0.2) is 0 Å². The summed E-state index contributed by atoms with van der Waals surface area (Å²) >= 11 is 0. The fraction of sp³-hybridized carbons (Fsp3) is 0.824. The minimum absolute atomic E-state index is 0.381. The number of unbranched alkanes of at least 4 members (excludes halogenated alkanes) is 7. The first-order valence-corrected chi connectivity index (χ1v) is 8.35. The molecule has 1 N–H and O–H groups in total. The highest BCUT2D eigenvalue weighted by molar-refractivity contribution is 5.83. The molecule has 0 saturated carbocycles. The van der Waals surface area contributed by atoms with Gasteiger partial charge in [0, 0.05) is 13.0 Å². The van der Waals surface area contributed by atoms with Crippen molar-refractivity contribution in [3.63, 3.8) is 0 Å². The van der Waals surface area contributed by atoms with Crippen molar-refractivity contribution >= 4 is 5.84 Å². The van der Waals surface area contributed by atoms with Crippen LogP contribution in [0.25, 0.3) is 0 Å². The molecule has 0 aliphatic carbocycles. The fourth-order valence-electron chi connectivity index (χ4n) is 2.73. The molecule has 3 heteroatoms. The Morgan fingerprint density at radius 2 is 1.80 bits per heavy atom. The van der Waals surface area contributed by atoms with E-state index in [0.29, 0.717) is 0 Å². The van der Waals surface area contributed by atoms with Crippen LogP contribution in [0, 0.1) is 0 Å². The van der Waals surface area contributed by atoms with Crippen LogP contribution in [0.2, 0.25) is 0 Å². The van der Waals surface area contributed by atoms with E-state index in [1.807, 2.05) is 11.8 Å². The monoisotopic (exact) mass is 280 g/mol. The van der Waals surface area contributed by atoms with E-state index in [2.05, 4.69) is 24.1 Å². The number of hydrogen-bond acceptors (Lipinski definition) is 3. The van der Waals surface area contributed by atoms with Gasteiger partial charge in [-0.2, -0.15) is 0 Å². The summed E-state index contributed by atoms with van der Waals surface area (Å²) < 4.78 is 0. The van der Waals surface area contributed by atoms with Crippen molar-refractivity contribution in [2.75, 3.05) is 13.1 Å². The quantitative estimate of drug-likeness (QED) is 0.456. The second kappa shape index (κ2) is 10.9. The van der Waals surface area contributed by atoms with Crippen LogP contribution in [0.15, 0.2) is 17.1 Å². The number of amidine groups is 1. The van der Waals surface area contributed by atoms with E-state index in [0.717, 1.165) is 25.3 Å². The molecule has 0 radical (unpaired) electrons. The lowest BCUT2D eigenvalue weighted by molar-refractivity contribution is 0.0766. The maximum absolute atomic E-state index is 9.62. The van der Waals surface area contributed by atoms with Crippen molar-refractivity contribution in [1.29, 1.82) is 0 Å². The number of allylic oxidation sites excluding steroid dienone is 2. The fourth-order valence-corrected chi connectivity index (χ4v) is 2.73. The number of aliphatic hydroxyl groups excluding tert-OH is 1. The van der Waals surface area contributed by atoms with E-state index in [4.69, 9.17) is 0 Å². The van der Waals surface area contributed by atoms with Crippen LogP contribution >= 0.6 is 0 Å². The zero-order valence-electron chi connectivity index (χ0n) is 13.4. The molecule has 1 rings (SSSR count). The first-order valence-electron chi connectivity index (χ1n) is 8.35. The number of aliphatic imine (C=N–C) groups is 1. The van der Waals surface area contributed by atoms with Gasteiger partial charge in [0.25, 0.3) is 0 Å². The molecule has 116 valence electrons. The van der Waals surface area contributed by atoms with Gasteiger partial charge in [-0.1, -0.05) is 44.3 Å². The lowest BCUT2D eigenvalue weighted by atomic mass is 10.1. The molecule has 1 unspecified atom stereocenters. The third-order valence-corrected chi connectivity index (χ3v) is 3.92. The summed E-state index contributed by atoms with van der Waals surface area (Å²) in [5.74, 6) is 1.12. The van der Waals surface area contributed by atoms with Crippen LogP contribution in [0.1, 0.15) is 71.6 Å². The van der Waals surface area contributed by atoms with Gasteiger partial charge in [0.15, 0.2) is 0 Å². The first-order chi connectivity index (χ1) is 9.75. The van der Waals surface area contributed by atoms with E-state index in [1.54, 1.807) is 0 Å². The minimum Gasteiger partial charge on any atom is -0.374 e. The Morgan fingerprint density at radius 3 is 2.45 bits per heavy atom. The summed E-state index contributed by atoms with van der Waals surface area (Å²) in [4.78, 5) is 6.52. The molecule has 0 fully saturated rings. The minimum atomic E-state index is -0.381. The van der Waals surface area contributed by atoms with E-state index in [1.165, 1.54) is 51.4 Å². The van der Waals surface area contributed by atoms with Crippen LogP contribution in [-0.2, 0) is 0 Å². The van der Waals surface area contributed by atoms with Gasteiger partial charge in [0.1, 0.15) is 12.1 Å². The van der Waals surface area contributed by atoms with Crippen LogP contribution in [0.5, 0.6) is 0 Å². The second-order valence-corrected chi connectivity index (χ2v) is 5.71. The average molecular weight is 280 g/mol. The number of nitrogens with zero attached hydrogens (tertiary/aromatic N) is 2. The summed E-state index contributed by atoms with van der Waals surface area (Å²) in [6, 6.07) is 0. The molecule has 20 heavy (non-hydrogen) atoms. The lowest BCUT2D eigenvalue weighted by Crippen LogP contribution is -2.35. The van der Waals surface area contributed by atoms with E-state index in [9.17, 15) is 5.11 Å². The van der Waals surface area contributed by atoms with E-state index in [-0.39, 0.29) is 6.23 Å². The Kier molecular flexibility index (Phi) is 9.38. The second-order valence-electron chi connectivity index (χ2n) is 5.71. The Bertz CT molecular complexity index is 297. The summed E-state index contributed by atoms with van der Waals surface area (Å²) in [6.07, 6.45) is 15.6. The van der Waals surface area contributed by atoms with Crippen molar-refractivity contribution < 1.29 is 5.11 Å². The zero-order valence-corrected chi connectivity index (χ0v) is 13.4. The summed E-state index contributed by atoms with van der Waals surface area (Å²) in [5, 5.41) is 9.62. The highest BCUT2D eigenvalue weighted by Gasteiger charge is 2.19. The molecule has 3 nitrogen and oxygen atoms in total. The Labute approximate surface area is 124 Å². The molecule has 0 bridgehead atoms. The average Bonchev–Trinajstić information content (AvgIpc) is 2.89. The Hall–Kier alpha value is -0.830. The van der Waals surface area contributed by atoms with Crippen molar-refractivity contribution in [1.82, 2.24) is 4.90 Å². The van der Waals surface area contributed by atoms with Gasteiger partial charge in [0.05, 0.1) is 6.54 Å². The van der Waals surface area contributed by atoms with Gasteiger partial charge in [-0.15, -0.1) is 0 Å².